The lowest BCUT2D eigenvalue weighted by molar-refractivity contribution is -0.136. The fourth-order valence-electron chi connectivity index (χ4n) is 3.20. The number of hydrogen-bond acceptors (Lipinski definition) is 6. The highest BCUT2D eigenvalue weighted by atomic mass is 32.2. The Labute approximate surface area is 181 Å². The van der Waals surface area contributed by atoms with Gasteiger partial charge in [-0.3, -0.25) is 9.59 Å². The van der Waals surface area contributed by atoms with Gasteiger partial charge in [0, 0.05) is 21.1 Å². The van der Waals surface area contributed by atoms with Gasteiger partial charge in [0.1, 0.15) is 11.8 Å². The Bertz CT molecular complexity index is 1160. The fraction of sp³-hybridized carbons (Fsp3) is 0.286. The van der Waals surface area contributed by atoms with Crippen molar-refractivity contribution >= 4 is 27.5 Å². The summed E-state index contributed by atoms with van der Waals surface area (Å²) in [7, 11) is 0.372. The molecule has 0 N–H and O–H groups in total. The van der Waals surface area contributed by atoms with Gasteiger partial charge in [0.15, 0.2) is 6.10 Å². The van der Waals surface area contributed by atoms with E-state index in [-0.39, 0.29) is 22.9 Å². The summed E-state index contributed by atoms with van der Waals surface area (Å²) in [5.74, 6) is -0.466. The standard InChI is InChI=1S/C21H22N4O5S/c1-23(2)21(27)18-13-25(16-9-5-6-10-17(16)30-18)20(26)14-24(3)31(28,29)19-11-7-4-8-15(19)12-22/h4-11,18H,13-14H2,1-3H3/t18-/m1/s1. The summed E-state index contributed by atoms with van der Waals surface area (Å²) in [4.78, 5) is 28.1. The molecule has 0 saturated carbocycles. The number of hydrogen-bond donors (Lipinski definition) is 0. The fourth-order valence-corrected chi connectivity index (χ4v) is 4.46. The Morgan fingerprint density at radius 2 is 1.77 bits per heavy atom. The molecule has 0 spiro atoms. The number of likely N-dealkylation sites (N-methyl/N-ethyl adjacent to an activating group) is 2. The molecule has 1 aliphatic rings. The zero-order valence-electron chi connectivity index (χ0n) is 17.3. The second-order valence-electron chi connectivity index (χ2n) is 7.18. The topological polar surface area (TPSA) is 111 Å². The number of carbonyl (C=O) groups is 2. The van der Waals surface area contributed by atoms with Crippen molar-refractivity contribution < 1.29 is 22.7 Å². The lowest BCUT2D eigenvalue weighted by Gasteiger charge is -2.35. The van der Waals surface area contributed by atoms with E-state index in [1.807, 2.05) is 6.07 Å². The predicted octanol–water partition coefficient (Wildman–Crippen LogP) is 1.06. The summed E-state index contributed by atoms with van der Waals surface area (Å²) in [6.45, 7) is -0.519. The number of benzene rings is 2. The third-order valence-electron chi connectivity index (χ3n) is 4.84. The second-order valence-corrected chi connectivity index (χ2v) is 9.19. The first-order valence-corrected chi connectivity index (χ1v) is 10.8. The van der Waals surface area contributed by atoms with Crippen LogP contribution in [0.2, 0.25) is 0 Å². The van der Waals surface area contributed by atoms with Crippen molar-refractivity contribution in [3.05, 3.63) is 54.1 Å². The van der Waals surface area contributed by atoms with Gasteiger partial charge in [-0.2, -0.15) is 9.57 Å². The lowest BCUT2D eigenvalue weighted by Crippen LogP contribution is -2.52. The largest absolute Gasteiger partial charge is 0.476 e. The van der Waals surface area contributed by atoms with Crippen LogP contribution in [-0.4, -0.2) is 69.8 Å². The van der Waals surface area contributed by atoms with Crippen molar-refractivity contribution in [1.29, 1.82) is 5.26 Å². The molecule has 0 unspecified atom stereocenters. The summed E-state index contributed by atoms with van der Waals surface area (Å²) >= 11 is 0. The van der Waals surface area contributed by atoms with Crippen LogP contribution in [0.4, 0.5) is 5.69 Å². The first kappa shape index (κ1) is 22.3. The summed E-state index contributed by atoms with van der Waals surface area (Å²) in [5, 5.41) is 9.23. The van der Waals surface area contributed by atoms with Gasteiger partial charge in [0.25, 0.3) is 5.91 Å². The molecule has 3 rings (SSSR count). The normalized spacial score (nSPS) is 15.6. The average molecular weight is 442 g/mol. The monoisotopic (exact) mass is 442 g/mol. The van der Waals surface area contributed by atoms with Crippen molar-refractivity contribution in [3.8, 4) is 11.8 Å². The van der Waals surface area contributed by atoms with Crippen molar-refractivity contribution in [3.63, 3.8) is 0 Å². The van der Waals surface area contributed by atoms with Crippen LogP contribution in [0.5, 0.6) is 5.75 Å². The zero-order chi connectivity index (χ0) is 22.8. The molecule has 9 nitrogen and oxygen atoms in total. The molecule has 1 aliphatic heterocycles. The summed E-state index contributed by atoms with van der Waals surface area (Å²) < 4.78 is 32.6. The Kier molecular flexibility index (Phi) is 6.29. The van der Waals surface area contributed by atoms with Crippen molar-refractivity contribution in [2.24, 2.45) is 0 Å². The minimum atomic E-state index is -4.08. The van der Waals surface area contributed by atoms with Crippen molar-refractivity contribution in [2.75, 3.05) is 39.1 Å². The smallest absolute Gasteiger partial charge is 0.265 e. The molecule has 2 aromatic carbocycles. The Balaban J connectivity index is 1.88. The van der Waals surface area contributed by atoms with Crippen LogP contribution in [0.1, 0.15) is 5.56 Å². The van der Waals surface area contributed by atoms with Crippen LogP contribution < -0.4 is 9.64 Å². The van der Waals surface area contributed by atoms with E-state index in [0.29, 0.717) is 11.4 Å². The Morgan fingerprint density at radius 3 is 2.45 bits per heavy atom. The summed E-state index contributed by atoms with van der Waals surface area (Å²) in [6.07, 6.45) is -0.907. The molecule has 1 heterocycles. The minimum Gasteiger partial charge on any atom is -0.476 e. The predicted molar refractivity (Wildman–Crippen MR) is 113 cm³/mol. The van der Waals surface area contributed by atoms with Gasteiger partial charge in [-0.15, -0.1) is 0 Å². The molecule has 162 valence electrons. The molecule has 0 saturated heterocycles. The SMILES string of the molecule is CN(C)C(=O)[C@H]1CN(C(=O)CN(C)S(=O)(=O)c2ccccc2C#N)c2ccccc2O1. The molecule has 1 atom stereocenters. The molecule has 0 bridgehead atoms. The molecule has 0 radical (unpaired) electrons. The Hall–Kier alpha value is -3.42. The van der Waals surface area contributed by atoms with Crippen LogP contribution >= 0.6 is 0 Å². The number of rotatable bonds is 5. The van der Waals surface area contributed by atoms with E-state index in [1.165, 1.54) is 35.0 Å². The van der Waals surface area contributed by atoms with Crippen LogP contribution in [0.15, 0.2) is 53.4 Å². The van der Waals surface area contributed by atoms with E-state index in [0.717, 1.165) is 4.31 Å². The molecule has 31 heavy (non-hydrogen) atoms. The third kappa shape index (κ3) is 4.38. The number of anilines is 1. The van der Waals surface area contributed by atoms with Gasteiger partial charge < -0.3 is 14.5 Å². The highest BCUT2D eigenvalue weighted by Gasteiger charge is 2.36. The lowest BCUT2D eigenvalue weighted by atomic mass is 10.1. The maximum Gasteiger partial charge on any atom is 0.265 e. The maximum absolute atomic E-state index is 13.1. The van der Waals surface area contributed by atoms with Crippen LogP contribution in [-0.2, 0) is 19.6 Å². The van der Waals surface area contributed by atoms with E-state index in [9.17, 15) is 23.3 Å². The van der Waals surface area contributed by atoms with Gasteiger partial charge in [-0.25, -0.2) is 8.42 Å². The third-order valence-corrected chi connectivity index (χ3v) is 6.71. The van der Waals surface area contributed by atoms with Crippen molar-refractivity contribution in [1.82, 2.24) is 9.21 Å². The molecule has 10 heteroatoms. The van der Waals surface area contributed by atoms with Gasteiger partial charge >= 0.3 is 0 Å². The maximum atomic E-state index is 13.1. The number of para-hydroxylation sites is 2. The minimum absolute atomic E-state index is 0.00448. The van der Waals surface area contributed by atoms with Gasteiger partial charge in [-0.1, -0.05) is 24.3 Å². The van der Waals surface area contributed by atoms with E-state index in [4.69, 9.17) is 4.74 Å². The molecule has 0 fully saturated rings. The molecule has 0 aliphatic carbocycles. The molecule has 0 aromatic heterocycles. The van der Waals surface area contributed by atoms with Crippen LogP contribution in [0.3, 0.4) is 0 Å². The number of nitrogens with zero attached hydrogens (tertiary/aromatic N) is 4. The highest BCUT2D eigenvalue weighted by molar-refractivity contribution is 7.89. The van der Waals surface area contributed by atoms with Crippen LogP contribution in [0, 0.1) is 11.3 Å². The van der Waals surface area contributed by atoms with E-state index in [1.54, 1.807) is 44.4 Å². The number of nitriles is 1. The number of ether oxygens (including phenoxy) is 1. The number of amides is 2. The molecular formula is C21H22N4O5S. The summed E-state index contributed by atoms with van der Waals surface area (Å²) in [6, 6.07) is 14.4. The van der Waals surface area contributed by atoms with E-state index >= 15 is 0 Å². The highest BCUT2D eigenvalue weighted by Crippen LogP contribution is 2.33. The van der Waals surface area contributed by atoms with E-state index < -0.39 is 28.6 Å². The Morgan fingerprint density at radius 1 is 1.13 bits per heavy atom. The summed E-state index contributed by atoms with van der Waals surface area (Å²) in [5.41, 5.74) is 0.452. The van der Waals surface area contributed by atoms with E-state index in [2.05, 4.69) is 0 Å². The molecule has 2 amide bonds. The number of fused-ring (bicyclic) bond motifs is 1. The first-order chi connectivity index (χ1) is 14.7. The van der Waals surface area contributed by atoms with Gasteiger partial charge in [0.2, 0.25) is 15.9 Å². The van der Waals surface area contributed by atoms with Crippen molar-refractivity contribution in [2.45, 2.75) is 11.0 Å². The van der Waals surface area contributed by atoms with Crippen LogP contribution in [0.25, 0.3) is 0 Å². The quantitative estimate of drug-likeness (QED) is 0.685. The molecular weight excluding hydrogens is 420 g/mol. The second kappa shape index (κ2) is 8.75. The zero-order valence-corrected chi connectivity index (χ0v) is 18.2. The molecule has 2 aromatic rings. The number of carbonyl (C=O) groups excluding carboxylic acids is 2. The average Bonchev–Trinajstić information content (AvgIpc) is 2.77. The first-order valence-electron chi connectivity index (χ1n) is 9.39. The van der Waals surface area contributed by atoms with Gasteiger partial charge in [0.05, 0.1) is 29.2 Å². The number of sulfonamides is 1. The van der Waals surface area contributed by atoms with Gasteiger partial charge in [-0.05, 0) is 24.3 Å².